The number of para-hydroxylation sites is 8. The third-order valence-corrected chi connectivity index (χ3v) is 15.3. The predicted octanol–water partition coefficient (Wildman–Crippen LogP) is 20.2. The van der Waals surface area contributed by atoms with Crippen LogP contribution in [-0.4, -0.2) is 0 Å². The molecule has 6 heteroatoms. The molecule has 0 aliphatic rings. The number of fused-ring (bicyclic) bond motifs is 12. The minimum absolute atomic E-state index is 0.348. The largest absolute Gasteiger partial charge is 0.454 e. The van der Waals surface area contributed by atoms with E-state index in [4.69, 9.17) is 17.7 Å². The Morgan fingerprint density at radius 2 is 0.589 bits per heavy atom. The lowest BCUT2D eigenvalue weighted by Gasteiger charge is -2.32. The van der Waals surface area contributed by atoms with Crippen LogP contribution in [0.25, 0.3) is 120 Å². The van der Waals surface area contributed by atoms with Crippen molar-refractivity contribution >= 4 is 154 Å². The second-order valence-corrected chi connectivity index (χ2v) is 19.7. The molecule has 0 N–H and O–H groups in total. The topological polar surface area (TPSA) is 59.0 Å². The summed E-state index contributed by atoms with van der Waals surface area (Å²) >= 11 is 0. The van der Waals surface area contributed by atoms with Gasteiger partial charge in [0.05, 0.1) is 34.1 Å². The third-order valence-electron chi connectivity index (χ3n) is 15.3. The van der Waals surface area contributed by atoms with Gasteiger partial charge in [-0.05, 0) is 82.2 Å². The zero-order valence-electron chi connectivity index (χ0n) is 39.8. The van der Waals surface area contributed by atoms with Crippen molar-refractivity contribution in [3.8, 4) is 0 Å². The van der Waals surface area contributed by atoms with E-state index in [0.29, 0.717) is 5.92 Å². The standard InChI is InChI=1S/C67H42N2O4/c1-38(2)41-35-39-31-33-50-56(68(52-23-11-19-46-42-15-3-7-27-58(42)70-64(46)52)53-24-12-20-47-43-16-4-8-28-59(43)71-65(47)53)37-57(51-34-32-40(36-41)62(39)63(50)51)69(54-25-13-21-48-44-17-5-9-29-60(44)72-66(48)54)55-26-14-22-49-45-18-6-10-30-61(45)73-67(49)55/h3-38H,1-2H3. The molecule has 0 saturated carbocycles. The van der Waals surface area contributed by atoms with Gasteiger partial charge in [-0.1, -0.05) is 172 Å². The van der Waals surface area contributed by atoms with Crippen molar-refractivity contribution in [1.82, 2.24) is 0 Å². The SMILES string of the molecule is CC(C)c1cc2ccc3c(N(c4cccc5c4oc4ccccc45)c4cccc5c4oc4ccccc45)cc(N(c4cccc5c4oc4ccccc45)c4cccc5c4oc4ccccc45)c4ccc(c1)c2c34. The van der Waals surface area contributed by atoms with E-state index in [1.165, 1.54) is 21.7 Å². The number of rotatable bonds is 7. The van der Waals surface area contributed by atoms with Crippen molar-refractivity contribution in [2.75, 3.05) is 9.80 Å². The molecule has 0 unspecified atom stereocenters. The smallest absolute Gasteiger partial charge is 0.159 e. The molecule has 0 atom stereocenters. The van der Waals surface area contributed by atoms with Gasteiger partial charge in [-0.25, -0.2) is 0 Å². The van der Waals surface area contributed by atoms with Crippen LogP contribution in [-0.2, 0) is 0 Å². The summed E-state index contributed by atoms with van der Waals surface area (Å²) in [6.07, 6.45) is 0. The molecule has 4 aromatic heterocycles. The summed E-state index contributed by atoms with van der Waals surface area (Å²) in [5.41, 5.74) is 13.2. The molecule has 0 fully saturated rings. The average Bonchev–Trinajstić information content (AvgIpc) is 4.22. The first kappa shape index (κ1) is 40.2. The van der Waals surface area contributed by atoms with Crippen LogP contribution in [0.5, 0.6) is 0 Å². The molecule has 0 radical (unpaired) electrons. The van der Waals surface area contributed by atoms with Gasteiger partial charge in [0.15, 0.2) is 22.3 Å². The Labute approximate surface area is 417 Å². The lowest BCUT2D eigenvalue weighted by atomic mass is 9.88. The van der Waals surface area contributed by atoms with Gasteiger partial charge in [-0.3, -0.25) is 0 Å². The minimum Gasteiger partial charge on any atom is -0.454 e. The van der Waals surface area contributed by atoms with Crippen molar-refractivity contribution < 1.29 is 17.7 Å². The second kappa shape index (κ2) is 15.0. The molecule has 16 rings (SSSR count). The van der Waals surface area contributed by atoms with E-state index in [1.54, 1.807) is 0 Å². The predicted molar refractivity (Wildman–Crippen MR) is 303 cm³/mol. The maximum absolute atomic E-state index is 7.00. The van der Waals surface area contributed by atoms with Gasteiger partial charge in [0.2, 0.25) is 0 Å². The molecule has 16 aromatic rings. The van der Waals surface area contributed by atoms with Crippen LogP contribution in [0.15, 0.2) is 230 Å². The zero-order chi connectivity index (χ0) is 48.1. The molecular formula is C67H42N2O4. The molecule has 344 valence electrons. The highest BCUT2D eigenvalue weighted by Gasteiger charge is 2.31. The number of hydrogen-bond acceptors (Lipinski definition) is 6. The van der Waals surface area contributed by atoms with Crippen molar-refractivity contribution in [2.45, 2.75) is 19.8 Å². The summed E-state index contributed by atoms with van der Waals surface area (Å²) in [6.45, 7) is 4.54. The van der Waals surface area contributed by atoms with Gasteiger partial charge in [0.25, 0.3) is 0 Å². The molecular weight excluding hydrogens is 897 g/mol. The molecule has 12 aromatic carbocycles. The number of anilines is 6. The van der Waals surface area contributed by atoms with Crippen molar-refractivity contribution in [3.63, 3.8) is 0 Å². The highest BCUT2D eigenvalue weighted by Crippen LogP contribution is 2.55. The monoisotopic (exact) mass is 938 g/mol. The van der Waals surface area contributed by atoms with Gasteiger partial charge in [-0.2, -0.15) is 0 Å². The van der Waals surface area contributed by atoms with Crippen molar-refractivity contribution in [2.24, 2.45) is 0 Å². The summed E-state index contributed by atoms with van der Waals surface area (Å²) in [5, 5.41) is 15.3. The van der Waals surface area contributed by atoms with Crippen LogP contribution in [0.4, 0.5) is 34.1 Å². The molecule has 73 heavy (non-hydrogen) atoms. The summed E-state index contributed by atoms with van der Waals surface area (Å²) < 4.78 is 28.0. The summed E-state index contributed by atoms with van der Waals surface area (Å²) in [7, 11) is 0. The molecule has 0 bridgehead atoms. The minimum atomic E-state index is 0.348. The van der Waals surface area contributed by atoms with Crippen LogP contribution < -0.4 is 9.80 Å². The highest BCUT2D eigenvalue weighted by molar-refractivity contribution is 6.30. The summed E-state index contributed by atoms with van der Waals surface area (Å²) in [5.74, 6) is 0.348. The van der Waals surface area contributed by atoms with E-state index in [-0.39, 0.29) is 0 Å². The van der Waals surface area contributed by atoms with E-state index >= 15 is 0 Å². The lowest BCUT2D eigenvalue weighted by Crippen LogP contribution is -2.15. The molecule has 6 nitrogen and oxygen atoms in total. The van der Waals surface area contributed by atoms with E-state index < -0.39 is 0 Å². The quantitative estimate of drug-likeness (QED) is 0.148. The van der Waals surface area contributed by atoms with E-state index in [1.807, 2.05) is 24.3 Å². The first-order chi connectivity index (χ1) is 36.0. The molecule has 0 aliphatic heterocycles. The lowest BCUT2D eigenvalue weighted by molar-refractivity contribution is 0.665. The molecule has 4 heterocycles. The Morgan fingerprint density at radius 3 is 0.918 bits per heavy atom. The van der Waals surface area contributed by atoms with Gasteiger partial charge in [0, 0.05) is 59.2 Å². The Morgan fingerprint density at radius 1 is 0.274 bits per heavy atom. The van der Waals surface area contributed by atoms with Gasteiger partial charge in [-0.15, -0.1) is 0 Å². The first-order valence-corrected chi connectivity index (χ1v) is 25.0. The van der Waals surface area contributed by atoms with Gasteiger partial charge in [0.1, 0.15) is 22.3 Å². The molecule has 0 saturated heterocycles. The Balaban J connectivity index is 1.10. The van der Waals surface area contributed by atoms with Crippen molar-refractivity contribution in [3.05, 3.63) is 218 Å². The fourth-order valence-electron chi connectivity index (χ4n) is 12.0. The average molecular weight is 939 g/mol. The van der Waals surface area contributed by atoms with Crippen LogP contribution >= 0.6 is 0 Å². The van der Waals surface area contributed by atoms with E-state index in [2.05, 4.69) is 212 Å². The maximum atomic E-state index is 7.00. The number of nitrogens with zero attached hydrogens (tertiary/aromatic N) is 2. The third kappa shape index (κ3) is 5.69. The van der Waals surface area contributed by atoms with Gasteiger partial charge < -0.3 is 27.5 Å². The molecule has 0 aliphatic carbocycles. The van der Waals surface area contributed by atoms with E-state index in [9.17, 15) is 0 Å². The molecule has 0 spiro atoms. The second-order valence-electron chi connectivity index (χ2n) is 19.7. The fourth-order valence-corrected chi connectivity index (χ4v) is 12.0. The normalized spacial score (nSPS) is 12.4. The highest BCUT2D eigenvalue weighted by atomic mass is 16.3. The Bertz CT molecular complexity index is 4400. The van der Waals surface area contributed by atoms with Crippen LogP contribution in [0, 0.1) is 0 Å². The molecule has 0 amide bonds. The zero-order valence-corrected chi connectivity index (χ0v) is 39.8. The van der Waals surface area contributed by atoms with Gasteiger partial charge >= 0.3 is 0 Å². The van der Waals surface area contributed by atoms with Crippen LogP contribution in [0.3, 0.4) is 0 Å². The van der Waals surface area contributed by atoms with Crippen molar-refractivity contribution in [1.29, 1.82) is 0 Å². The Hall–Kier alpha value is -9.52. The fraction of sp³-hybridized carbons (Fsp3) is 0.0448. The Kier molecular flexibility index (Phi) is 8.27. The number of benzene rings is 12. The maximum Gasteiger partial charge on any atom is 0.159 e. The first-order valence-electron chi connectivity index (χ1n) is 25.0. The van der Waals surface area contributed by atoms with Crippen LogP contribution in [0.1, 0.15) is 25.3 Å². The van der Waals surface area contributed by atoms with Crippen LogP contribution in [0.2, 0.25) is 0 Å². The van der Waals surface area contributed by atoms with E-state index in [0.717, 1.165) is 138 Å². The number of hydrogen-bond donors (Lipinski definition) is 0. The summed E-state index contributed by atoms with van der Waals surface area (Å²) in [6, 6.07) is 75.6. The summed E-state index contributed by atoms with van der Waals surface area (Å²) in [4.78, 5) is 4.76. The number of furan rings is 4.